The molecule has 0 unspecified atom stereocenters. The maximum atomic E-state index is 12.2. The number of amides is 1. The summed E-state index contributed by atoms with van der Waals surface area (Å²) in [7, 11) is 3.00. The summed E-state index contributed by atoms with van der Waals surface area (Å²) in [6.07, 6.45) is 0. The summed E-state index contributed by atoms with van der Waals surface area (Å²) < 4.78 is 10.1. The first-order valence-electron chi connectivity index (χ1n) is 6.17. The van der Waals surface area contributed by atoms with Crippen molar-refractivity contribution in [3.63, 3.8) is 0 Å². The lowest BCUT2D eigenvalue weighted by molar-refractivity contribution is 0.102. The number of anilines is 2. The molecule has 21 heavy (non-hydrogen) atoms. The number of ether oxygens (including phenoxy) is 2. The van der Waals surface area contributed by atoms with Crippen LogP contribution in [0.4, 0.5) is 11.6 Å². The molecule has 0 saturated heterocycles. The molecule has 2 aromatic rings. The molecule has 1 amide bonds. The van der Waals surface area contributed by atoms with Crippen molar-refractivity contribution in [1.82, 2.24) is 9.97 Å². The molecule has 0 radical (unpaired) electrons. The van der Waals surface area contributed by atoms with Crippen LogP contribution in [0.5, 0.6) is 11.6 Å². The fourth-order valence-corrected chi connectivity index (χ4v) is 1.74. The highest BCUT2D eigenvalue weighted by molar-refractivity contribution is 6.04. The van der Waals surface area contributed by atoms with Gasteiger partial charge in [0.25, 0.3) is 5.91 Å². The van der Waals surface area contributed by atoms with Crippen LogP contribution in [0, 0.1) is 6.92 Å². The van der Waals surface area contributed by atoms with Crippen molar-refractivity contribution in [3.8, 4) is 11.6 Å². The molecule has 0 atom stereocenters. The van der Waals surface area contributed by atoms with Gasteiger partial charge in [-0.2, -0.15) is 4.98 Å². The van der Waals surface area contributed by atoms with E-state index in [9.17, 15) is 4.79 Å². The van der Waals surface area contributed by atoms with Gasteiger partial charge in [0.05, 0.1) is 14.2 Å². The molecule has 110 valence electrons. The number of aryl methyl sites for hydroxylation is 1. The molecule has 0 bridgehead atoms. The van der Waals surface area contributed by atoms with E-state index in [4.69, 9.17) is 15.2 Å². The zero-order valence-corrected chi connectivity index (χ0v) is 12.0. The highest BCUT2D eigenvalue weighted by atomic mass is 16.5. The van der Waals surface area contributed by atoms with Crippen molar-refractivity contribution in [2.75, 3.05) is 25.3 Å². The molecule has 1 heterocycles. The second-order valence-electron chi connectivity index (χ2n) is 4.32. The Morgan fingerprint density at radius 3 is 2.57 bits per heavy atom. The number of benzene rings is 1. The number of nitrogens with two attached hydrogens (primary N) is 1. The number of hydrogen-bond donors (Lipinski definition) is 2. The smallest absolute Gasteiger partial charge is 0.258 e. The normalized spacial score (nSPS) is 10.0. The van der Waals surface area contributed by atoms with E-state index in [-0.39, 0.29) is 11.9 Å². The molecule has 0 aliphatic heterocycles. The second kappa shape index (κ2) is 6.08. The molecule has 0 saturated carbocycles. The minimum Gasteiger partial charge on any atom is -0.497 e. The Morgan fingerprint density at radius 2 is 1.90 bits per heavy atom. The zero-order valence-electron chi connectivity index (χ0n) is 12.0. The number of aromatic nitrogens is 2. The summed E-state index contributed by atoms with van der Waals surface area (Å²) in [4.78, 5) is 20.4. The summed E-state index contributed by atoms with van der Waals surface area (Å²) in [5.74, 6) is 0.664. The molecule has 0 fully saturated rings. The maximum Gasteiger partial charge on any atom is 0.258 e. The van der Waals surface area contributed by atoms with Crippen LogP contribution in [0.15, 0.2) is 24.3 Å². The SMILES string of the molecule is COc1cc(N)cc(C(=O)Nc2nc(C)cc(OC)n2)c1. The van der Waals surface area contributed by atoms with Crippen molar-refractivity contribution < 1.29 is 14.3 Å². The summed E-state index contributed by atoms with van der Waals surface area (Å²) in [6, 6.07) is 6.42. The lowest BCUT2D eigenvalue weighted by atomic mass is 10.2. The van der Waals surface area contributed by atoms with Gasteiger partial charge in [-0.15, -0.1) is 0 Å². The predicted molar refractivity (Wildman–Crippen MR) is 78.7 cm³/mol. The third-order valence-electron chi connectivity index (χ3n) is 2.69. The van der Waals surface area contributed by atoms with Gasteiger partial charge in [-0.25, -0.2) is 4.98 Å². The van der Waals surface area contributed by atoms with Crippen molar-refractivity contribution >= 4 is 17.5 Å². The Labute approximate surface area is 122 Å². The Balaban J connectivity index is 2.25. The molecular formula is C14H16N4O3. The Morgan fingerprint density at radius 1 is 1.14 bits per heavy atom. The van der Waals surface area contributed by atoms with Gasteiger partial charge >= 0.3 is 0 Å². The van der Waals surface area contributed by atoms with Crippen LogP contribution in [0.2, 0.25) is 0 Å². The van der Waals surface area contributed by atoms with Gasteiger partial charge in [-0.1, -0.05) is 0 Å². The van der Waals surface area contributed by atoms with Crippen molar-refractivity contribution in [2.45, 2.75) is 6.92 Å². The number of nitrogens with zero attached hydrogens (tertiary/aromatic N) is 2. The Kier molecular flexibility index (Phi) is 4.22. The van der Waals surface area contributed by atoms with Gasteiger partial charge in [0, 0.05) is 29.1 Å². The highest BCUT2D eigenvalue weighted by Crippen LogP contribution is 2.19. The summed E-state index contributed by atoms with van der Waals surface area (Å²) in [5, 5.41) is 2.60. The van der Waals surface area contributed by atoms with Crippen LogP contribution in [-0.2, 0) is 0 Å². The van der Waals surface area contributed by atoms with Gasteiger partial charge in [-0.05, 0) is 19.1 Å². The number of methoxy groups -OCH3 is 2. The Hall–Kier alpha value is -2.83. The van der Waals surface area contributed by atoms with Crippen LogP contribution >= 0.6 is 0 Å². The van der Waals surface area contributed by atoms with Gasteiger partial charge in [0.2, 0.25) is 11.8 Å². The van der Waals surface area contributed by atoms with Crippen molar-refractivity contribution in [1.29, 1.82) is 0 Å². The quantitative estimate of drug-likeness (QED) is 0.830. The average molecular weight is 288 g/mol. The molecule has 0 aliphatic rings. The molecule has 7 nitrogen and oxygen atoms in total. The average Bonchev–Trinajstić information content (AvgIpc) is 2.45. The number of carbonyl (C=O) groups excluding carboxylic acids is 1. The molecule has 1 aromatic carbocycles. The summed E-state index contributed by atoms with van der Waals surface area (Å²) >= 11 is 0. The topological polar surface area (TPSA) is 99.4 Å². The lowest BCUT2D eigenvalue weighted by Crippen LogP contribution is -2.15. The molecule has 3 N–H and O–H groups in total. The van der Waals surface area contributed by atoms with E-state index in [1.54, 1.807) is 31.2 Å². The lowest BCUT2D eigenvalue weighted by Gasteiger charge is -2.08. The van der Waals surface area contributed by atoms with E-state index < -0.39 is 0 Å². The first kappa shape index (κ1) is 14.6. The monoisotopic (exact) mass is 288 g/mol. The number of rotatable bonds is 4. The molecular weight excluding hydrogens is 272 g/mol. The predicted octanol–water partition coefficient (Wildman–Crippen LogP) is 1.64. The Bertz CT molecular complexity index is 673. The van der Waals surface area contributed by atoms with Gasteiger partial charge in [0.15, 0.2) is 0 Å². The van der Waals surface area contributed by atoms with E-state index >= 15 is 0 Å². The highest BCUT2D eigenvalue weighted by Gasteiger charge is 2.11. The number of carbonyl (C=O) groups is 1. The fraction of sp³-hybridized carbons (Fsp3) is 0.214. The molecule has 0 spiro atoms. The van der Waals surface area contributed by atoms with E-state index in [0.29, 0.717) is 28.6 Å². The van der Waals surface area contributed by atoms with E-state index in [0.717, 1.165) is 0 Å². The van der Waals surface area contributed by atoms with Crippen LogP contribution in [0.1, 0.15) is 16.1 Å². The van der Waals surface area contributed by atoms with Crippen LogP contribution in [-0.4, -0.2) is 30.1 Å². The molecule has 2 rings (SSSR count). The van der Waals surface area contributed by atoms with Gasteiger partial charge in [-0.3, -0.25) is 10.1 Å². The molecule has 1 aromatic heterocycles. The molecule has 7 heteroatoms. The summed E-state index contributed by atoms with van der Waals surface area (Å²) in [6.45, 7) is 1.78. The van der Waals surface area contributed by atoms with Crippen LogP contribution < -0.4 is 20.5 Å². The van der Waals surface area contributed by atoms with Crippen LogP contribution in [0.25, 0.3) is 0 Å². The van der Waals surface area contributed by atoms with Gasteiger partial charge in [0.1, 0.15) is 5.75 Å². The summed E-state index contributed by atoms with van der Waals surface area (Å²) in [5.41, 5.74) is 7.20. The minimum absolute atomic E-state index is 0.165. The minimum atomic E-state index is -0.381. The largest absolute Gasteiger partial charge is 0.497 e. The van der Waals surface area contributed by atoms with Crippen molar-refractivity contribution in [2.24, 2.45) is 0 Å². The van der Waals surface area contributed by atoms with Crippen molar-refractivity contribution in [3.05, 3.63) is 35.5 Å². The first-order chi connectivity index (χ1) is 10.0. The van der Waals surface area contributed by atoms with Crippen LogP contribution in [0.3, 0.4) is 0 Å². The van der Waals surface area contributed by atoms with E-state index in [2.05, 4.69) is 15.3 Å². The number of nitrogens with one attached hydrogen (secondary N) is 1. The maximum absolute atomic E-state index is 12.2. The molecule has 0 aliphatic carbocycles. The van der Waals surface area contributed by atoms with Gasteiger partial charge < -0.3 is 15.2 Å². The standard InChI is InChI=1S/C14H16N4O3/c1-8-4-12(21-3)17-14(16-8)18-13(19)9-5-10(15)7-11(6-9)20-2/h4-7H,15H2,1-3H3,(H,16,17,18,19). The third-order valence-corrected chi connectivity index (χ3v) is 2.69. The van der Waals surface area contributed by atoms with E-state index in [1.807, 2.05) is 0 Å². The second-order valence-corrected chi connectivity index (χ2v) is 4.32. The first-order valence-corrected chi connectivity index (χ1v) is 6.17. The fourth-order valence-electron chi connectivity index (χ4n) is 1.74. The third kappa shape index (κ3) is 3.59. The zero-order chi connectivity index (χ0) is 15.4. The number of nitrogen functional groups attached to an aromatic ring is 1. The van der Waals surface area contributed by atoms with E-state index in [1.165, 1.54) is 14.2 Å². The number of hydrogen-bond acceptors (Lipinski definition) is 6.